The molecule has 1 heterocycles. The van der Waals surface area contributed by atoms with Gasteiger partial charge in [-0.1, -0.05) is 19.8 Å². The molecule has 0 radical (unpaired) electrons. The lowest BCUT2D eigenvalue weighted by Gasteiger charge is -2.33. The molecule has 0 aromatic carbocycles. The average molecular weight is 287 g/mol. The molecule has 1 fully saturated rings. The highest BCUT2D eigenvalue weighted by Gasteiger charge is 2.26. The summed E-state index contributed by atoms with van der Waals surface area (Å²) in [6.07, 6.45) is 6.02. The number of likely N-dealkylation sites (tertiary alicyclic amines) is 1. The SMILES string of the molecule is CCCCCSC1CCN(C(=O)OC(C)(C)C)CC1. The van der Waals surface area contributed by atoms with E-state index in [0.29, 0.717) is 0 Å². The number of amides is 1. The van der Waals surface area contributed by atoms with Gasteiger partial charge in [-0.25, -0.2) is 4.79 Å². The fourth-order valence-corrected chi connectivity index (χ4v) is 3.38. The molecule has 0 aliphatic carbocycles. The summed E-state index contributed by atoms with van der Waals surface area (Å²) >= 11 is 2.09. The van der Waals surface area contributed by atoms with Crippen molar-refractivity contribution in [3.05, 3.63) is 0 Å². The van der Waals surface area contributed by atoms with Gasteiger partial charge in [-0.15, -0.1) is 0 Å². The summed E-state index contributed by atoms with van der Waals surface area (Å²) in [4.78, 5) is 13.8. The van der Waals surface area contributed by atoms with Gasteiger partial charge in [0.2, 0.25) is 0 Å². The fraction of sp³-hybridized carbons (Fsp3) is 0.933. The molecule has 3 nitrogen and oxygen atoms in total. The Morgan fingerprint density at radius 2 is 1.89 bits per heavy atom. The number of carbonyl (C=O) groups is 1. The minimum absolute atomic E-state index is 0.151. The van der Waals surface area contributed by atoms with Crippen LogP contribution in [0.4, 0.5) is 4.79 Å². The summed E-state index contributed by atoms with van der Waals surface area (Å²) < 4.78 is 5.41. The van der Waals surface area contributed by atoms with Gasteiger partial charge in [0.25, 0.3) is 0 Å². The number of nitrogens with zero attached hydrogens (tertiary/aromatic N) is 1. The minimum Gasteiger partial charge on any atom is -0.444 e. The molecule has 19 heavy (non-hydrogen) atoms. The topological polar surface area (TPSA) is 29.5 Å². The number of unbranched alkanes of at least 4 members (excludes halogenated alkanes) is 2. The van der Waals surface area contributed by atoms with Crippen LogP contribution in [0.1, 0.15) is 59.8 Å². The molecule has 0 aromatic rings. The Hall–Kier alpha value is -0.380. The predicted octanol–water partition coefficient (Wildman–Crippen LogP) is 4.31. The van der Waals surface area contributed by atoms with Gasteiger partial charge in [0.15, 0.2) is 0 Å². The summed E-state index contributed by atoms with van der Waals surface area (Å²) in [7, 11) is 0. The van der Waals surface area contributed by atoms with Crippen molar-refractivity contribution < 1.29 is 9.53 Å². The van der Waals surface area contributed by atoms with E-state index in [0.717, 1.165) is 31.2 Å². The Labute approximate surface area is 122 Å². The first-order chi connectivity index (χ1) is 8.92. The molecule has 1 saturated heterocycles. The van der Waals surface area contributed by atoms with Crippen LogP contribution in [-0.4, -0.2) is 40.7 Å². The molecule has 0 aromatic heterocycles. The number of ether oxygens (including phenoxy) is 1. The van der Waals surface area contributed by atoms with E-state index in [2.05, 4.69) is 18.7 Å². The van der Waals surface area contributed by atoms with Gasteiger partial charge in [-0.2, -0.15) is 11.8 Å². The molecule has 0 spiro atoms. The third-order valence-electron chi connectivity index (χ3n) is 3.20. The molecular formula is C15H29NO2S. The lowest BCUT2D eigenvalue weighted by atomic mass is 10.1. The van der Waals surface area contributed by atoms with Crippen molar-refractivity contribution in [1.82, 2.24) is 4.90 Å². The molecule has 0 atom stereocenters. The summed E-state index contributed by atoms with van der Waals surface area (Å²) in [6.45, 7) is 9.69. The van der Waals surface area contributed by atoms with Gasteiger partial charge in [0, 0.05) is 18.3 Å². The number of thioether (sulfide) groups is 1. The molecule has 0 saturated carbocycles. The molecule has 1 amide bonds. The number of hydrogen-bond donors (Lipinski definition) is 0. The van der Waals surface area contributed by atoms with Crippen molar-refractivity contribution in [3.63, 3.8) is 0 Å². The third-order valence-corrected chi connectivity index (χ3v) is 4.66. The highest BCUT2D eigenvalue weighted by Crippen LogP contribution is 2.25. The maximum Gasteiger partial charge on any atom is 0.410 e. The van der Waals surface area contributed by atoms with Gasteiger partial charge in [0.05, 0.1) is 0 Å². The normalized spacial score (nSPS) is 17.6. The van der Waals surface area contributed by atoms with E-state index >= 15 is 0 Å². The second-order valence-corrected chi connectivity index (χ2v) is 7.65. The van der Waals surface area contributed by atoms with Gasteiger partial charge >= 0.3 is 6.09 Å². The van der Waals surface area contributed by atoms with Crippen LogP contribution in [0.25, 0.3) is 0 Å². The second-order valence-electron chi connectivity index (χ2n) is 6.24. The lowest BCUT2D eigenvalue weighted by Crippen LogP contribution is -2.42. The zero-order valence-corrected chi connectivity index (χ0v) is 13.7. The van der Waals surface area contributed by atoms with Crippen molar-refractivity contribution in [2.24, 2.45) is 0 Å². The first kappa shape index (κ1) is 16.7. The smallest absolute Gasteiger partial charge is 0.410 e. The van der Waals surface area contributed by atoms with Crippen LogP contribution in [0, 0.1) is 0 Å². The second kappa shape index (κ2) is 8.03. The van der Waals surface area contributed by atoms with Gasteiger partial charge in [-0.3, -0.25) is 0 Å². The largest absolute Gasteiger partial charge is 0.444 e. The molecule has 0 bridgehead atoms. The molecule has 1 aliphatic rings. The number of carbonyl (C=O) groups excluding carboxylic acids is 1. The zero-order valence-electron chi connectivity index (χ0n) is 12.9. The number of rotatable bonds is 5. The van der Waals surface area contributed by atoms with Crippen LogP contribution in [0.5, 0.6) is 0 Å². The van der Waals surface area contributed by atoms with Crippen LogP contribution in [0.2, 0.25) is 0 Å². The summed E-state index contributed by atoms with van der Waals surface area (Å²) in [5, 5.41) is 0.732. The van der Waals surface area contributed by atoms with Crippen LogP contribution in [-0.2, 0) is 4.74 Å². The van der Waals surface area contributed by atoms with E-state index < -0.39 is 0 Å². The van der Waals surface area contributed by atoms with Crippen LogP contribution in [0.15, 0.2) is 0 Å². The Morgan fingerprint density at radius 1 is 1.26 bits per heavy atom. The van der Waals surface area contributed by atoms with Crippen molar-refractivity contribution in [1.29, 1.82) is 0 Å². The predicted molar refractivity (Wildman–Crippen MR) is 82.8 cm³/mol. The van der Waals surface area contributed by atoms with E-state index in [-0.39, 0.29) is 11.7 Å². The molecule has 1 aliphatic heterocycles. The van der Waals surface area contributed by atoms with Gasteiger partial charge in [-0.05, 0) is 45.8 Å². The maximum atomic E-state index is 11.9. The lowest BCUT2D eigenvalue weighted by molar-refractivity contribution is 0.0219. The Balaban J connectivity index is 2.19. The summed E-state index contributed by atoms with van der Waals surface area (Å²) in [6, 6.07) is 0. The maximum absolute atomic E-state index is 11.9. The third kappa shape index (κ3) is 7.09. The standard InChI is InChI=1S/C15H29NO2S/c1-5-6-7-12-19-13-8-10-16(11-9-13)14(17)18-15(2,3)4/h13H,5-12H2,1-4H3. The quantitative estimate of drug-likeness (QED) is 0.706. The molecule has 112 valence electrons. The number of hydrogen-bond acceptors (Lipinski definition) is 3. The van der Waals surface area contributed by atoms with Crippen molar-refractivity contribution in [2.75, 3.05) is 18.8 Å². The Morgan fingerprint density at radius 3 is 2.42 bits per heavy atom. The highest BCUT2D eigenvalue weighted by molar-refractivity contribution is 7.99. The highest BCUT2D eigenvalue weighted by atomic mass is 32.2. The summed E-state index contributed by atoms with van der Waals surface area (Å²) in [5.41, 5.74) is -0.386. The first-order valence-corrected chi connectivity index (χ1v) is 8.57. The van der Waals surface area contributed by atoms with E-state index in [1.165, 1.54) is 25.0 Å². The van der Waals surface area contributed by atoms with Crippen LogP contribution >= 0.6 is 11.8 Å². The van der Waals surface area contributed by atoms with Crippen molar-refractivity contribution in [3.8, 4) is 0 Å². The molecule has 0 unspecified atom stereocenters. The molecular weight excluding hydrogens is 258 g/mol. The summed E-state index contributed by atoms with van der Waals surface area (Å²) in [5.74, 6) is 1.27. The van der Waals surface area contributed by atoms with Crippen molar-refractivity contribution >= 4 is 17.9 Å². The first-order valence-electron chi connectivity index (χ1n) is 7.52. The Bertz CT molecular complexity index is 268. The Kier molecular flexibility index (Phi) is 7.05. The average Bonchev–Trinajstić information content (AvgIpc) is 2.33. The van der Waals surface area contributed by atoms with E-state index in [1.54, 1.807) is 0 Å². The minimum atomic E-state index is -0.386. The molecule has 1 rings (SSSR count). The fourth-order valence-electron chi connectivity index (χ4n) is 2.13. The number of piperidine rings is 1. The van der Waals surface area contributed by atoms with E-state index in [9.17, 15) is 4.79 Å². The molecule has 0 N–H and O–H groups in total. The van der Waals surface area contributed by atoms with Gasteiger partial charge < -0.3 is 9.64 Å². The molecule has 4 heteroatoms. The van der Waals surface area contributed by atoms with E-state index in [1.807, 2.05) is 25.7 Å². The van der Waals surface area contributed by atoms with Gasteiger partial charge in [0.1, 0.15) is 5.60 Å². The van der Waals surface area contributed by atoms with Crippen LogP contribution < -0.4 is 0 Å². The van der Waals surface area contributed by atoms with Crippen molar-refractivity contribution in [2.45, 2.75) is 70.7 Å². The van der Waals surface area contributed by atoms with Crippen LogP contribution in [0.3, 0.4) is 0 Å². The zero-order chi connectivity index (χ0) is 14.3. The van der Waals surface area contributed by atoms with E-state index in [4.69, 9.17) is 4.74 Å². The monoisotopic (exact) mass is 287 g/mol.